The molecule has 7 nitrogen and oxygen atoms in total. The van der Waals surface area contributed by atoms with Crippen molar-refractivity contribution in [2.75, 3.05) is 18.5 Å². The number of ether oxygens (including phenoxy) is 1. The Morgan fingerprint density at radius 1 is 1.11 bits per heavy atom. The SMILES string of the molecule is N#Cc1ccc(-c2nnc(NC3C4CCC3COC4)c3cnccc23)c(O)c1. The summed E-state index contributed by atoms with van der Waals surface area (Å²) < 4.78 is 5.68. The van der Waals surface area contributed by atoms with E-state index < -0.39 is 0 Å². The first-order chi connectivity index (χ1) is 13.7. The Labute approximate surface area is 162 Å². The minimum atomic E-state index is 0.00893. The van der Waals surface area contributed by atoms with Crippen molar-refractivity contribution in [2.45, 2.75) is 18.9 Å². The molecule has 1 aliphatic carbocycles. The van der Waals surface area contributed by atoms with E-state index in [4.69, 9.17) is 10.00 Å². The molecule has 1 saturated carbocycles. The van der Waals surface area contributed by atoms with Gasteiger partial charge in [-0.05, 0) is 37.1 Å². The van der Waals surface area contributed by atoms with E-state index in [0.29, 0.717) is 40.5 Å². The van der Waals surface area contributed by atoms with Crippen LogP contribution in [0.2, 0.25) is 0 Å². The normalized spacial score (nSPS) is 23.5. The van der Waals surface area contributed by atoms with Gasteiger partial charge < -0.3 is 15.2 Å². The van der Waals surface area contributed by atoms with Crippen molar-refractivity contribution in [1.29, 1.82) is 5.26 Å². The number of anilines is 1. The number of fused-ring (bicyclic) bond motifs is 3. The topological polar surface area (TPSA) is 104 Å². The Bertz CT molecular complexity index is 1080. The fourth-order valence-corrected chi connectivity index (χ4v) is 4.41. The summed E-state index contributed by atoms with van der Waals surface area (Å²) in [6.07, 6.45) is 5.82. The first-order valence-corrected chi connectivity index (χ1v) is 9.43. The first-order valence-electron chi connectivity index (χ1n) is 9.43. The van der Waals surface area contributed by atoms with E-state index in [1.54, 1.807) is 24.5 Å². The fourth-order valence-electron chi connectivity index (χ4n) is 4.41. The molecule has 7 heteroatoms. The third-order valence-electron chi connectivity index (χ3n) is 5.85. The molecule has 140 valence electrons. The molecule has 1 aromatic carbocycles. The average Bonchev–Trinajstić information content (AvgIpc) is 2.94. The van der Waals surface area contributed by atoms with Crippen LogP contribution in [0.5, 0.6) is 5.75 Å². The number of pyridine rings is 1. The molecule has 2 atom stereocenters. The van der Waals surface area contributed by atoms with Gasteiger partial charge in [0.15, 0.2) is 5.82 Å². The van der Waals surface area contributed by atoms with Crippen LogP contribution in [-0.2, 0) is 4.74 Å². The maximum atomic E-state index is 10.4. The molecule has 28 heavy (non-hydrogen) atoms. The highest BCUT2D eigenvalue weighted by Gasteiger charge is 2.40. The summed E-state index contributed by atoms with van der Waals surface area (Å²) in [4.78, 5) is 4.27. The molecule has 0 amide bonds. The Balaban J connectivity index is 1.57. The molecule has 5 rings (SSSR count). The summed E-state index contributed by atoms with van der Waals surface area (Å²) in [6.45, 7) is 1.57. The Hall–Kier alpha value is -3.24. The smallest absolute Gasteiger partial charge is 0.158 e. The molecule has 2 bridgehead atoms. The number of nitriles is 1. The highest BCUT2D eigenvalue weighted by atomic mass is 16.5. The van der Waals surface area contributed by atoms with Gasteiger partial charge in [-0.2, -0.15) is 5.26 Å². The molecule has 2 unspecified atom stereocenters. The average molecular weight is 373 g/mol. The summed E-state index contributed by atoms with van der Waals surface area (Å²) in [6, 6.07) is 9.04. The van der Waals surface area contributed by atoms with Gasteiger partial charge in [-0.3, -0.25) is 4.98 Å². The van der Waals surface area contributed by atoms with E-state index in [1.807, 2.05) is 12.1 Å². The molecular weight excluding hydrogens is 354 g/mol. The predicted octanol–water partition coefficient (Wildman–Crippen LogP) is 3.11. The molecule has 2 N–H and O–H groups in total. The number of aromatic nitrogens is 3. The van der Waals surface area contributed by atoms with Gasteiger partial charge in [0.05, 0.1) is 24.8 Å². The summed E-state index contributed by atoms with van der Waals surface area (Å²) in [5, 5.41) is 33.6. The van der Waals surface area contributed by atoms with Crippen molar-refractivity contribution in [1.82, 2.24) is 15.2 Å². The van der Waals surface area contributed by atoms with Crippen LogP contribution in [0.15, 0.2) is 36.7 Å². The lowest BCUT2D eigenvalue weighted by Gasteiger charge is -2.31. The predicted molar refractivity (Wildman–Crippen MR) is 104 cm³/mol. The van der Waals surface area contributed by atoms with E-state index >= 15 is 0 Å². The minimum Gasteiger partial charge on any atom is -0.507 e. The molecule has 3 aromatic rings. The van der Waals surface area contributed by atoms with E-state index in [-0.39, 0.29) is 5.75 Å². The second-order valence-electron chi connectivity index (χ2n) is 7.47. The summed E-state index contributed by atoms with van der Waals surface area (Å²) in [5.74, 6) is 1.71. The second-order valence-corrected chi connectivity index (χ2v) is 7.47. The van der Waals surface area contributed by atoms with Crippen molar-refractivity contribution in [2.24, 2.45) is 11.8 Å². The second kappa shape index (κ2) is 6.73. The van der Waals surface area contributed by atoms with Gasteiger partial charge in [-0.15, -0.1) is 10.2 Å². The number of hydrogen-bond donors (Lipinski definition) is 2. The van der Waals surface area contributed by atoms with E-state index in [0.717, 1.165) is 24.0 Å². The number of rotatable bonds is 3. The summed E-state index contributed by atoms with van der Waals surface area (Å²) >= 11 is 0. The highest BCUT2D eigenvalue weighted by Crippen LogP contribution is 2.39. The van der Waals surface area contributed by atoms with Crippen LogP contribution in [-0.4, -0.2) is 39.5 Å². The quantitative estimate of drug-likeness (QED) is 0.727. The largest absolute Gasteiger partial charge is 0.507 e. The number of hydrogen-bond acceptors (Lipinski definition) is 7. The monoisotopic (exact) mass is 373 g/mol. The van der Waals surface area contributed by atoms with Crippen molar-refractivity contribution < 1.29 is 9.84 Å². The van der Waals surface area contributed by atoms with E-state index in [9.17, 15) is 5.11 Å². The van der Waals surface area contributed by atoms with Crippen molar-refractivity contribution >= 4 is 16.6 Å². The van der Waals surface area contributed by atoms with E-state index in [2.05, 4.69) is 20.5 Å². The third kappa shape index (κ3) is 2.74. The first kappa shape index (κ1) is 16.9. The summed E-state index contributed by atoms with van der Waals surface area (Å²) in [7, 11) is 0. The zero-order valence-electron chi connectivity index (χ0n) is 15.2. The lowest BCUT2D eigenvalue weighted by Crippen LogP contribution is -2.39. The highest BCUT2D eigenvalue weighted by molar-refractivity contribution is 6.00. The zero-order chi connectivity index (χ0) is 19.1. The molecule has 0 radical (unpaired) electrons. The van der Waals surface area contributed by atoms with Gasteiger partial charge in [0, 0.05) is 46.6 Å². The van der Waals surface area contributed by atoms with Crippen LogP contribution in [0, 0.1) is 23.2 Å². The van der Waals surface area contributed by atoms with Crippen LogP contribution in [0.1, 0.15) is 18.4 Å². The van der Waals surface area contributed by atoms with Crippen LogP contribution in [0.3, 0.4) is 0 Å². The Morgan fingerprint density at radius 3 is 2.68 bits per heavy atom. The van der Waals surface area contributed by atoms with Gasteiger partial charge >= 0.3 is 0 Å². The van der Waals surface area contributed by atoms with Crippen LogP contribution in [0.4, 0.5) is 5.82 Å². The Kier molecular flexibility index (Phi) is 4.06. The number of aromatic hydroxyl groups is 1. The minimum absolute atomic E-state index is 0.00893. The van der Waals surface area contributed by atoms with Gasteiger partial charge in [-0.1, -0.05) is 0 Å². The zero-order valence-corrected chi connectivity index (χ0v) is 15.2. The molecule has 1 aliphatic heterocycles. The molecule has 1 saturated heterocycles. The van der Waals surface area contributed by atoms with Crippen LogP contribution in [0.25, 0.3) is 22.0 Å². The molecule has 2 aromatic heterocycles. The van der Waals surface area contributed by atoms with Crippen LogP contribution >= 0.6 is 0 Å². The third-order valence-corrected chi connectivity index (χ3v) is 5.85. The van der Waals surface area contributed by atoms with Gasteiger partial charge in [0.1, 0.15) is 11.4 Å². The standard InChI is InChI=1S/C21H19N5O2/c22-8-12-1-4-16(18(27)7-12)20-15-5-6-23-9-17(15)21(26-25-20)24-19-13-2-3-14(19)11-28-10-13/h1,4-7,9,13-14,19,27H,2-3,10-11H2,(H,24,26). The maximum Gasteiger partial charge on any atom is 0.158 e. The summed E-state index contributed by atoms with van der Waals surface area (Å²) in [5.41, 5.74) is 1.51. The van der Waals surface area contributed by atoms with Gasteiger partial charge in [0.2, 0.25) is 0 Å². The molecule has 2 fully saturated rings. The number of benzene rings is 1. The van der Waals surface area contributed by atoms with Gasteiger partial charge in [-0.25, -0.2) is 0 Å². The van der Waals surface area contributed by atoms with Crippen molar-refractivity contribution in [3.8, 4) is 23.1 Å². The fraction of sp³-hybridized carbons (Fsp3) is 0.333. The molecule has 3 heterocycles. The lowest BCUT2D eigenvalue weighted by molar-refractivity contribution is 0.0392. The number of nitrogens with one attached hydrogen (secondary N) is 1. The van der Waals surface area contributed by atoms with Gasteiger partial charge in [0.25, 0.3) is 0 Å². The molecular formula is C21H19N5O2. The van der Waals surface area contributed by atoms with Crippen molar-refractivity contribution in [3.05, 3.63) is 42.2 Å². The molecule has 0 spiro atoms. The van der Waals surface area contributed by atoms with E-state index in [1.165, 1.54) is 18.9 Å². The van der Waals surface area contributed by atoms with Crippen LogP contribution < -0.4 is 5.32 Å². The number of phenols is 1. The Morgan fingerprint density at radius 2 is 1.93 bits per heavy atom. The number of nitrogens with zero attached hydrogens (tertiary/aromatic N) is 4. The number of phenolic OH excluding ortho intramolecular Hbond substituents is 1. The molecule has 2 aliphatic rings. The lowest BCUT2D eigenvalue weighted by atomic mass is 9.96. The maximum absolute atomic E-state index is 10.4. The van der Waals surface area contributed by atoms with Crippen molar-refractivity contribution in [3.63, 3.8) is 0 Å².